The molecule has 17 heavy (non-hydrogen) atoms. The summed E-state index contributed by atoms with van der Waals surface area (Å²) in [5, 5.41) is 3.42. The summed E-state index contributed by atoms with van der Waals surface area (Å²) in [6.07, 6.45) is 7.71. The van der Waals surface area contributed by atoms with Crippen molar-refractivity contribution in [1.82, 2.24) is 14.8 Å². The van der Waals surface area contributed by atoms with Gasteiger partial charge in [-0.05, 0) is 12.8 Å². The van der Waals surface area contributed by atoms with Crippen LogP contribution in [0.15, 0.2) is 0 Å². The van der Waals surface area contributed by atoms with Gasteiger partial charge in [0, 0.05) is 25.7 Å². The smallest absolute Gasteiger partial charge is 0.276 e. The van der Waals surface area contributed by atoms with E-state index in [4.69, 9.17) is 0 Å². The van der Waals surface area contributed by atoms with Crippen LogP contribution in [0.4, 0.5) is 0 Å². The fourth-order valence-corrected chi connectivity index (χ4v) is 3.04. The van der Waals surface area contributed by atoms with Gasteiger partial charge in [0.1, 0.15) is 0 Å². The summed E-state index contributed by atoms with van der Waals surface area (Å²) >= 11 is 0. The zero-order valence-corrected chi connectivity index (χ0v) is 11.5. The molecule has 5 nitrogen and oxygen atoms in total. The van der Waals surface area contributed by atoms with Gasteiger partial charge in [-0.2, -0.15) is 8.42 Å². The highest BCUT2D eigenvalue weighted by Gasteiger charge is 2.11. The molecule has 0 atom stereocenters. The summed E-state index contributed by atoms with van der Waals surface area (Å²) in [6, 6.07) is 0.570. The maximum Gasteiger partial charge on any atom is 0.276 e. The summed E-state index contributed by atoms with van der Waals surface area (Å²) in [5.41, 5.74) is 0. The predicted molar refractivity (Wildman–Crippen MR) is 70.1 cm³/mol. The van der Waals surface area contributed by atoms with Crippen molar-refractivity contribution in [2.75, 3.05) is 19.6 Å². The maximum atomic E-state index is 11.3. The lowest BCUT2D eigenvalue weighted by Gasteiger charge is -2.16. The summed E-state index contributed by atoms with van der Waals surface area (Å²) < 4.78 is 27.5. The Morgan fingerprint density at radius 3 is 2.24 bits per heavy atom. The Kier molecular flexibility index (Phi) is 7.03. The normalized spacial score (nSPS) is 19.1. The first kappa shape index (κ1) is 14.9. The molecule has 0 amide bonds. The van der Waals surface area contributed by atoms with E-state index in [0.29, 0.717) is 25.7 Å². The van der Waals surface area contributed by atoms with Crippen LogP contribution in [0, 0.1) is 0 Å². The third-order valence-electron chi connectivity index (χ3n) is 3.04. The lowest BCUT2D eigenvalue weighted by molar-refractivity contribution is 0.461. The van der Waals surface area contributed by atoms with Crippen molar-refractivity contribution in [1.29, 1.82) is 0 Å². The summed E-state index contributed by atoms with van der Waals surface area (Å²) in [6.45, 7) is 3.34. The molecule has 0 spiro atoms. The van der Waals surface area contributed by atoms with Crippen molar-refractivity contribution in [3.8, 4) is 0 Å². The minimum atomic E-state index is -3.28. The first-order valence-corrected chi connectivity index (χ1v) is 8.10. The van der Waals surface area contributed by atoms with Gasteiger partial charge in [0.15, 0.2) is 0 Å². The Labute approximate surface area is 105 Å². The molecule has 102 valence electrons. The Bertz CT molecular complexity index is 285. The van der Waals surface area contributed by atoms with E-state index in [1.807, 2.05) is 0 Å². The Morgan fingerprint density at radius 1 is 1.00 bits per heavy atom. The van der Waals surface area contributed by atoms with Gasteiger partial charge in [0.25, 0.3) is 10.2 Å². The fraction of sp³-hybridized carbons (Fsp3) is 1.00. The first-order chi connectivity index (χ1) is 8.14. The van der Waals surface area contributed by atoms with Crippen LogP contribution in [0.5, 0.6) is 0 Å². The molecule has 0 saturated heterocycles. The van der Waals surface area contributed by atoms with E-state index in [2.05, 4.69) is 14.8 Å². The SMILES string of the molecule is CCNS(=O)(=O)NCCNC1CCCCCC1. The minimum Gasteiger partial charge on any atom is -0.313 e. The molecular formula is C11H25N3O2S. The monoisotopic (exact) mass is 263 g/mol. The minimum absolute atomic E-state index is 0.422. The zero-order valence-electron chi connectivity index (χ0n) is 10.7. The summed E-state index contributed by atoms with van der Waals surface area (Å²) in [7, 11) is -3.28. The molecule has 1 saturated carbocycles. The molecule has 0 heterocycles. The molecule has 1 aliphatic rings. The standard InChI is InChI=1S/C11H25N3O2S/c1-2-13-17(15,16)14-10-9-12-11-7-5-3-4-6-8-11/h11-14H,2-10H2,1H3. The second-order valence-electron chi connectivity index (χ2n) is 4.54. The van der Waals surface area contributed by atoms with Crippen molar-refractivity contribution < 1.29 is 8.42 Å². The molecular weight excluding hydrogens is 238 g/mol. The number of hydrogen-bond acceptors (Lipinski definition) is 3. The van der Waals surface area contributed by atoms with Crippen molar-refractivity contribution in [3.05, 3.63) is 0 Å². The quantitative estimate of drug-likeness (QED) is 0.469. The number of hydrogen-bond donors (Lipinski definition) is 3. The van der Waals surface area contributed by atoms with Gasteiger partial charge < -0.3 is 5.32 Å². The van der Waals surface area contributed by atoms with Crippen LogP contribution < -0.4 is 14.8 Å². The molecule has 1 fully saturated rings. The third-order valence-corrected chi connectivity index (χ3v) is 4.29. The van der Waals surface area contributed by atoms with E-state index >= 15 is 0 Å². The molecule has 0 unspecified atom stereocenters. The number of rotatable bonds is 7. The molecule has 0 aromatic heterocycles. The largest absolute Gasteiger partial charge is 0.313 e. The Morgan fingerprint density at radius 2 is 1.65 bits per heavy atom. The fourth-order valence-electron chi connectivity index (χ4n) is 2.19. The molecule has 3 N–H and O–H groups in total. The Hall–Kier alpha value is -0.170. The Balaban J connectivity index is 2.10. The highest BCUT2D eigenvalue weighted by molar-refractivity contribution is 7.87. The molecule has 6 heteroatoms. The van der Waals surface area contributed by atoms with Gasteiger partial charge in [0.05, 0.1) is 0 Å². The van der Waals surface area contributed by atoms with Gasteiger partial charge in [-0.1, -0.05) is 32.6 Å². The van der Waals surface area contributed by atoms with Crippen LogP contribution in [-0.2, 0) is 10.2 Å². The van der Waals surface area contributed by atoms with E-state index in [-0.39, 0.29) is 0 Å². The van der Waals surface area contributed by atoms with Crippen LogP contribution in [0.3, 0.4) is 0 Å². The van der Waals surface area contributed by atoms with Gasteiger partial charge in [0.2, 0.25) is 0 Å². The van der Waals surface area contributed by atoms with Crippen LogP contribution in [0.1, 0.15) is 45.4 Å². The number of nitrogens with one attached hydrogen (secondary N) is 3. The van der Waals surface area contributed by atoms with Gasteiger partial charge in [-0.3, -0.25) is 0 Å². The van der Waals surface area contributed by atoms with Crippen molar-refractivity contribution in [3.63, 3.8) is 0 Å². The molecule has 1 aliphatic carbocycles. The predicted octanol–water partition coefficient (Wildman–Crippen LogP) is 0.743. The molecule has 0 radical (unpaired) electrons. The van der Waals surface area contributed by atoms with Crippen LogP contribution in [-0.4, -0.2) is 34.1 Å². The second-order valence-corrected chi connectivity index (χ2v) is 6.12. The van der Waals surface area contributed by atoms with E-state index in [9.17, 15) is 8.42 Å². The second kappa shape index (κ2) is 8.02. The zero-order chi connectivity index (χ0) is 12.6. The molecule has 0 aliphatic heterocycles. The topological polar surface area (TPSA) is 70.2 Å². The van der Waals surface area contributed by atoms with Crippen molar-refractivity contribution in [2.24, 2.45) is 0 Å². The van der Waals surface area contributed by atoms with Gasteiger partial charge in [-0.25, -0.2) is 9.44 Å². The van der Waals surface area contributed by atoms with Crippen LogP contribution >= 0.6 is 0 Å². The average Bonchev–Trinajstić information content (AvgIpc) is 2.53. The van der Waals surface area contributed by atoms with E-state index in [1.54, 1.807) is 6.92 Å². The lowest BCUT2D eigenvalue weighted by atomic mass is 10.1. The third kappa shape index (κ3) is 6.98. The summed E-state index contributed by atoms with van der Waals surface area (Å²) in [4.78, 5) is 0. The van der Waals surface area contributed by atoms with E-state index in [0.717, 1.165) is 0 Å². The van der Waals surface area contributed by atoms with Crippen LogP contribution in [0.25, 0.3) is 0 Å². The highest BCUT2D eigenvalue weighted by Crippen LogP contribution is 2.16. The molecule has 0 aromatic carbocycles. The van der Waals surface area contributed by atoms with E-state index < -0.39 is 10.2 Å². The summed E-state index contributed by atoms with van der Waals surface area (Å²) in [5.74, 6) is 0. The highest BCUT2D eigenvalue weighted by atomic mass is 32.2. The van der Waals surface area contributed by atoms with Crippen LogP contribution in [0.2, 0.25) is 0 Å². The van der Waals surface area contributed by atoms with Gasteiger partial charge in [-0.15, -0.1) is 0 Å². The molecule has 0 aromatic rings. The average molecular weight is 263 g/mol. The molecule has 0 bridgehead atoms. The van der Waals surface area contributed by atoms with Gasteiger partial charge >= 0.3 is 0 Å². The lowest BCUT2D eigenvalue weighted by Crippen LogP contribution is -2.41. The van der Waals surface area contributed by atoms with E-state index in [1.165, 1.54) is 38.5 Å². The van der Waals surface area contributed by atoms with Crippen molar-refractivity contribution >= 4 is 10.2 Å². The molecule has 1 rings (SSSR count). The van der Waals surface area contributed by atoms with Crippen molar-refractivity contribution in [2.45, 2.75) is 51.5 Å². The maximum absolute atomic E-state index is 11.3. The first-order valence-electron chi connectivity index (χ1n) is 6.61.